The predicted molar refractivity (Wildman–Crippen MR) is 51.9 cm³/mol. The quantitative estimate of drug-likeness (QED) is 0.686. The molecule has 0 aliphatic carbocycles. The number of nitrogens with two attached hydrogens (primary N) is 1. The van der Waals surface area contributed by atoms with E-state index in [2.05, 4.69) is 5.10 Å². The van der Waals surface area contributed by atoms with E-state index in [0.717, 1.165) is 5.52 Å². The number of anilines is 1. The van der Waals surface area contributed by atoms with Gasteiger partial charge >= 0.3 is 0 Å². The Bertz CT molecular complexity index is 450. The molecule has 2 heterocycles. The highest BCUT2D eigenvalue weighted by molar-refractivity contribution is 5.74. The van der Waals surface area contributed by atoms with Gasteiger partial charge in [0, 0.05) is 6.20 Å². The van der Waals surface area contributed by atoms with Gasteiger partial charge in [-0.15, -0.1) is 5.10 Å². The first-order valence-electron chi connectivity index (χ1n) is 4.26. The predicted octanol–water partition coefficient (Wildman–Crippen LogP) is 0.634. The van der Waals surface area contributed by atoms with Crippen molar-refractivity contribution in [2.24, 2.45) is 0 Å². The molecule has 2 rings (SSSR count). The van der Waals surface area contributed by atoms with E-state index in [1.54, 1.807) is 10.7 Å². The highest BCUT2D eigenvalue weighted by Crippen LogP contribution is 2.25. The highest BCUT2D eigenvalue weighted by Gasteiger charge is 2.11. The van der Waals surface area contributed by atoms with Crippen LogP contribution in [0.4, 0.5) is 5.69 Å². The largest absolute Gasteiger partial charge is 0.446 e. The second kappa shape index (κ2) is 3.19. The van der Waals surface area contributed by atoms with Gasteiger partial charge in [0.15, 0.2) is 6.29 Å². The Labute approximate surface area is 80.7 Å². The second-order valence-corrected chi connectivity index (χ2v) is 2.97. The Kier molecular flexibility index (Phi) is 2.01. The van der Waals surface area contributed by atoms with E-state index < -0.39 is 6.29 Å². The number of hydrogen-bond acceptors (Lipinski definition) is 4. The summed E-state index contributed by atoms with van der Waals surface area (Å²) >= 11 is 0. The molecule has 0 amide bonds. The zero-order valence-corrected chi connectivity index (χ0v) is 7.71. The molecule has 2 aromatic heterocycles. The number of pyridine rings is 1. The third-order valence-electron chi connectivity index (χ3n) is 1.83. The minimum Gasteiger partial charge on any atom is -0.446 e. The van der Waals surface area contributed by atoms with Crippen LogP contribution in [0.25, 0.3) is 5.52 Å². The molecule has 0 spiro atoms. The Hall–Kier alpha value is -1.75. The number of aromatic nitrogens is 2. The number of aliphatic hydroxyl groups excluding tert-OH is 1. The zero-order valence-electron chi connectivity index (χ0n) is 7.71. The third kappa shape index (κ3) is 1.38. The monoisotopic (exact) mass is 193 g/mol. The van der Waals surface area contributed by atoms with E-state index in [0.29, 0.717) is 5.69 Å². The van der Waals surface area contributed by atoms with Crippen molar-refractivity contribution < 1.29 is 9.84 Å². The molecule has 0 bridgehead atoms. The van der Waals surface area contributed by atoms with Crippen LogP contribution in [0.2, 0.25) is 0 Å². The van der Waals surface area contributed by atoms with Crippen molar-refractivity contribution in [3.8, 4) is 5.88 Å². The maximum absolute atomic E-state index is 9.03. The lowest BCUT2D eigenvalue weighted by atomic mass is 10.4. The fourth-order valence-corrected chi connectivity index (χ4v) is 1.24. The number of rotatable bonds is 2. The molecular formula is C9H11N3O2. The van der Waals surface area contributed by atoms with Crippen LogP contribution in [0.1, 0.15) is 6.92 Å². The van der Waals surface area contributed by atoms with Crippen LogP contribution in [-0.2, 0) is 0 Å². The van der Waals surface area contributed by atoms with Gasteiger partial charge in [-0.3, -0.25) is 0 Å². The van der Waals surface area contributed by atoms with Crippen LogP contribution < -0.4 is 10.5 Å². The van der Waals surface area contributed by atoms with Crippen LogP contribution in [0.3, 0.4) is 0 Å². The SMILES string of the molecule is CC(O)Oc1nn2ccccc2c1N. The first-order valence-corrected chi connectivity index (χ1v) is 4.26. The number of aliphatic hydroxyl groups is 1. The number of hydrogen-bond donors (Lipinski definition) is 2. The lowest BCUT2D eigenvalue weighted by molar-refractivity contribution is -0.00331. The second-order valence-electron chi connectivity index (χ2n) is 2.97. The maximum Gasteiger partial charge on any atom is 0.259 e. The molecule has 0 saturated heterocycles. The Balaban J connectivity index is 2.51. The summed E-state index contributed by atoms with van der Waals surface area (Å²) in [5, 5.41) is 13.1. The number of ether oxygens (including phenoxy) is 1. The summed E-state index contributed by atoms with van der Waals surface area (Å²) in [5.74, 6) is 0.256. The van der Waals surface area contributed by atoms with Gasteiger partial charge in [-0.1, -0.05) is 6.07 Å². The molecular weight excluding hydrogens is 182 g/mol. The van der Waals surface area contributed by atoms with Gasteiger partial charge in [0.1, 0.15) is 5.69 Å². The van der Waals surface area contributed by atoms with Crippen LogP contribution in [0, 0.1) is 0 Å². The first kappa shape index (κ1) is 8.83. The van der Waals surface area contributed by atoms with E-state index in [1.807, 2.05) is 18.2 Å². The summed E-state index contributed by atoms with van der Waals surface area (Å²) in [7, 11) is 0. The van der Waals surface area contributed by atoms with E-state index >= 15 is 0 Å². The van der Waals surface area contributed by atoms with E-state index in [4.69, 9.17) is 15.6 Å². The summed E-state index contributed by atoms with van der Waals surface area (Å²) in [6.07, 6.45) is 0.850. The molecule has 14 heavy (non-hydrogen) atoms. The minimum absolute atomic E-state index is 0.256. The summed E-state index contributed by atoms with van der Waals surface area (Å²) in [5.41, 5.74) is 6.97. The molecule has 3 N–H and O–H groups in total. The Morgan fingerprint density at radius 3 is 3.00 bits per heavy atom. The zero-order chi connectivity index (χ0) is 10.1. The summed E-state index contributed by atoms with van der Waals surface area (Å²) < 4.78 is 6.63. The van der Waals surface area contributed by atoms with Gasteiger partial charge in [0.25, 0.3) is 5.88 Å². The third-order valence-corrected chi connectivity index (χ3v) is 1.83. The van der Waals surface area contributed by atoms with Gasteiger partial charge in [0.05, 0.1) is 5.52 Å². The van der Waals surface area contributed by atoms with E-state index in [1.165, 1.54) is 6.92 Å². The van der Waals surface area contributed by atoms with Gasteiger partial charge in [0.2, 0.25) is 0 Å². The Morgan fingerprint density at radius 1 is 1.57 bits per heavy atom. The smallest absolute Gasteiger partial charge is 0.259 e. The molecule has 5 nitrogen and oxygen atoms in total. The van der Waals surface area contributed by atoms with Crippen molar-refractivity contribution in [3.63, 3.8) is 0 Å². The van der Waals surface area contributed by atoms with Crippen molar-refractivity contribution in [1.29, 1.82) is 0 Å². The fourth-order valence-electron chi connectivity index (χ4n) is 1.24. The molecule has 0 fully saturated rings. The molecule has 0 aromatic carbocycles. The van der Waals surface area contributed by atoms with E-state index in [-0.39, 0.29) is 5.88 Å². The number of fused-ring (bicyclic) bond motifs is 1. The molecule has 1 unspecified atom stereocenters. The van der Waals surface area contributed by atoms with Crippen molar-refractivity contribution in [1.82, 2.24) is 9.61 Å². The summed E-state index contributed by atoms with van der Waals surface area (Å²) in [4.78, 5) is 0. The van der Waals surface area contributed by atoms with Crippen molar-refractivity contribution >= 4 is 11.2 Å². The molecule has 0 aliphatic rings. The highest BCUT2D eigenvalue weighted by atomic mass is 16.6. The van der Waals surface area contributed by atoms with Crippen LogP contribution in [-0.4, -0.2) is 21.0 Å². The molecule has 0 aliphatic heterocycles. The number of nitrogens with zero attached hydrogens (tertiary/aromatic N) is 2. The van der Waals surface area contributed by atoms with Crippen molar-refractivity contribution in [2.75, 3.05) is 5.73 Å². The molecule has 5 heteroatoms. The molecule has 74 valence electrons. The van der Waals surface area contributed by atoms with Crippen molar-refractivity contribution in [2.45, 2.75) is 13.2 Å². The summed E-state index contributed by atoms with van der Waals surface area (Å²) in [6, 6.07) is 5.53. The molecule has 2 aromatic rings. The standard InChI is InChI=1S/C9H11N3O2/c1-6(13)14-9-8(10)7-4-2-3-5-12(7)11-9/h2-6,13H,10H2,1H3. The van der Waals surface area contributed by atoms with Crippen LogP contribution in [0.15, 0.2) is 24.4 Å². The molecule has 0 radical (unpaired) electrons. The van der Waals surface area contributed by atoms with Crippen LogP contribution >= 0.6 is 0 Å². The Morgan fingerprint density at radius 2 is 2.36 bits per heavy atom. The minimum atomic E-state index is -0.915. The molecule has 0 saturated carbocycles. The van der Waals surface area contributed by atoms with Crippen molar-refractivity contribution in [3.05, 3.63) is 24.4 Å². The lowest BCUT2D eigenvalue weighted by Crippen LogP contribution is -2.10. The average molecular weight is 193 g/mol. The van der Waals surface area contributed by atoms with Gasteiger partial charge in [-0.05, 0) is 19.1 Å². The van der Waals surface area contributed by atoms with E-state index in [9.17, 15) is 0 Å². The first-order chi connectivity index (χ1) is 6.68. The number of nitrogen functional groups attached to an aromatic ring is 1. The fraction of sp³-hybridized carbons (Fsp3) is 0.222. The topological polar surface area (TPSA) is 72.8 Å². The molecule has 1 atom stereocenters. The maximum atomic E-state index is 9.03. The average Bonchev–Trinajstić information content (AvgIpc) is 2.44. The normalized spacial score (nSPS) is 13.0. The van der Waals surface area contributed by atoms with Gasteiger partial charge in [-0.2, -0.15) is 0 Å². The lowest BCUT2D eigenvalue weighted by Gasteiger charge is -2.04. The van der Waals surface area contributed by atoms with Gasteiger partial charge in [-0.25, -0.2) is 4.52 Å². The summed E-state index contributed by atoms with van der Waals surface area (Å²) in [6.45, 7) is 1.50. The van der Waals surface area contributed by atoms with Crippen LogP contribution in [0.5, 0.6) is 5.88 Å². The van der Waals surface area contributed by atoms with Gasteiger partial charge < -0.3 is 15.6 Å².